The minimum absolute atomic E-state index is 0.216. The molecule has 0 aliphatic heterocycles. The molecule has 0 bridgehead atoms. The monoisotopic (exact) mass is 320 g/mol. The van der Waals surface area contributed by atoms with Crippen molar-refractivity contribution >= 4 is 23.2 Å². The normalized spacial score (nSPS) is 10.6. The van der Waals surface area contributed by atoms with Crippen molar-refractivity contribution < 1.29 is 4.74 Å². The molecule has 0 fully saturated rings. The third kappa shape index (κ3) is 3.15. The maximum absolute atomic E-state index is 6.05. The van der Waals surface area contributed by atoms with Gasteiger partial charge in [0.05, 0.1) is 5.02 Å². The first-order chi connectivity index (χ1) is 10.2. The first kappa shape index (κ1) is 13.9. The van der Waals surface area contributed by atoms with Gasteiger partial charge in [0.2, 0.25) is 0 Å². The molecular formula is C14H10Cl2N4O. The Morgan fingerprint density at radius 2 is 2.05 bits per heavy atom. The van der Waals surface area contributed by atoms with Crippen molar-refractivity contribution in [1.29, 1.82) is 0 Å². The highest BCUT2D eigenvalue weighted by atomic mass is 35.5. The summed E-state index contributed by atoms with van der Waals surface area (Å²) in [4.78, 5) is 8.37. The van der Waals surface area contributed by atoms with Crippen LogP contribution < -0.4 is 4.74 Å². The maximum atomic E-state index is 6.05. The Balaban J connectivity index is 1.72. The zero-order chi connectivity index (χ0) is 14.7. The summed E-state index contributed by atoms with van der Waals surface area (Å²) in [6.07, 6.45) is 3.39. The first-order valence-electron chi connectivity index (χ1n) is 6.12. The second-order valence-corrected chi connectivity index (χ2v) is 4.97. The summed E-state index contributed by atoms with van der Waals surface area (Å²) in [7, 11) is 0. The molecule has 3 rings (SSSR count). The van der Waals surface area contributed by atoms with Gasteiger partial charge in [0, 0.05) is 18.0 Å². The second-order valence-electron chi connectivity index (χ2n) is 4.19. The van der Waals surface area contributed by atoms with Gasteiger partial charge in [0.1, 0.15) is 17.4 Å². The fourth-order valence-electron chi connectivity index (χ4n) is 1.73. The number of H-pyrrole nitrogens is 1. The van der Waals surface area contributed by atoms with Crippen LogP contribution in [0, 0.1) is 0 Å². The number of nitrogens with one attached hydrogen (secondary N) is 1. The second kappa shape index (κ2) is 6.11. The summed E-state index contributed by atoms with van der Waals surface area (Å²) in [5.41, 5.74) is 0.834. The molecule has 3 aromatic rings. The van der Waals surface area contributed by atoms with Gasteiger partial charge in [-0.3, -0.25) is 10.1 Å². The van der Waals surface area contributed by atoms with Crippen LogP contribution in [0.25, 0.3) is 11.4 Å². The molecule has 1 N–H and O–H groups in total. The highest BCUT2D eigenvalue weighted by molar-refractivity contribution is 6.42. The predicted octanol–water partition coefficient (Wildman–Crippen LogP) is 3.75. The third-order valence-electron chi connectivity index (χ3n) is 2.73. The molecule has 0 unspecified atom stereocenters. The summed E-state index contributed by atoms with van der Waals surface area (Å²) in [6, 6.07) is 8.92. The molecule has 7 heteroatoms. The van der Waals surface area contributed by atoms with E-state index in [9.17, 15) is 0 Å². The van der Waals surface area contributed by atoms with Crippen LogP contribution >= 0.6 is 23.2 Å². The molecule has 0 aliphatic carbocycles. The van der Waals surface area contributed by atoms with Crippen LogP contribution in [-0.2, 0) is 6.61 Å². The van der Waals surface area contributed by atoms with Crippen LogP contribution in [0.5, 0.6) is 5.75 Å². The van der Waals surface area contributed by atoms with Gasteiger partial charge in [0.25, 0.3) is 0 Å². The van der Waals surface area contributed by atoms with E-state index >= 15 is 0 Å². The SMILES string of the molecule is Clc1cccc(OCc2nc(-c3cccnc3)n[nH]2)c1Cl. The van der Waals surface area contributed by atoms with Gasteiger partial charge in [-0.05, 0) is 24.3 Å². The standard InChI is InChI=1S/C14H10Cl2N4O/c15-10-4-1-5-11(13(10)16)21-8-12-18-14(20-19-12)9-3-2-6-17-7-9/h1-7H,8H2,(H,18,19,20). The van der Waals surface area contributed by atoms with E-state index in [1.807, 2.05) is 12.1 Å². The van der Waals surface area contributed by atoms with Gasteiger partial charge in [-0.15, -0.1) is 0 Å². The molecule has 0 aliphatic rings. The molecule has 5 nitrogen and oxygen atoms in total. The van der Waals surface area contributed by atoms with Crippen molar-refractivity contribution in [2.24, 2.45) is 0 Å². The van der Waals surface area contributed by atoms with Crippen molar-refractivity contribution in [3.05, 3.63) is 58.6 Å². The molecule has 0 saturated carbocycles. The summed E-state index contributed by atoms with van der Waals surface area (Å²) in [5, 5.41) is 7.77. The van der Waals surface area contributed by atoms with Crippen molar-refractivity contribution in [2.75, 3.05) is 0 Å². The zero-order valence-corrected chi connectivity index (χ0v) is 12.3. The lowest BCUT2D eigenvalue weighted by Crippen LogP contribution is -1.98. The number of aromatic amines is 1. The average Bonchev–Trinajstić information content (AvgIpc) is 2.99. The quantitative estimate of drug-likeness (QED) is 0.795. The van der Waals surface area contributed by atoms with E-state index in [4.69, 9.17) is 27.9 Å². The Bertz CT molecular complexity index is 746. The van der Waals surface area contributed by atoms with E-state index in [1.54, 1.807) is 30.6 Å². The Morgan fingerprint density at radius 1 is 1.14 bits per heavy atom. The van der Waals surface area contributed by atoms with Crippen LogP contribution in [0.1, 0.15) is 5.82 Å². The first-order valence-corrected chi connectivity index (χ1v) is 6.88. The molecule has 0 saturated heterocycles. The van der Waals surface area contributed by atoms with E-state index < -0.39 is 0 Å². The topological polar surface area (TPSA) is 63.7 Å². The average molecular weight is 321 g/mol. The third-order valence-corrected chi connectivity index (χ3v) is 3.53. The summed E-state index contributed by atoms with van der Waals surface area (Å²) in [6.45, 7) is 0.216. The molecule has 2 heterocycles. The maximum Gasteiger partial charge on any atom is 0.182 e. The van der Waals surface area contributed by atoms with Crippen molar-refractivity contribution in [3.63, 3.8) is 0 Å². The molecule has 0 spiro atoms. The number of hydrogen-bond acceptors (Lipinski definition) is 4. The number of aromatic nitrogens is 4. The Kier molecular flexibility index (Phi) is 4.03. The van der Waals surface area contributed by atoms with Gasteiger partial charge in [0.15, 0.2) is 11.6 Å². The highest BCUT2D eigenvalue weighted by Crippen LogP contribution is 2.31. The number of ether oxygens (including phenoxy) is 1. The predicted molar refractivity (Wildman–Crippen MR) is 80.4 cm³/mol. The van der Waals surface area contributed by atoms with Crippen LogP contribution in [0.15, 0.2) is 42.7 Å². The fourth-order valence-corrected chi connectivity index (χ4v) is 2.07. The summed E-state index contributed by atoms with van der Waals surface area (Å²) >= 11 is 12.0. The van der Waals surface area contributed by atoms with Gasteiger partial charge in [-0.25, -0.2) is 4.98 Å². The largest absolute Gasteiger partial charge is 0.484 e. The molecule has 106 valence electrons. The summed E-state index contributed by atoms with van der Waals surface area (Å²) in [5.74, 6) is 1.66. The van der Waals surface area contributed by atoms with Crippen LogP contribution in [0.4, 0.5) is 0 Å². The number of benzene rings is 1. The van der Waals surface area contributed by atoms with Crippen molar-refractivity contribution in [1.82, 2.24) is 20.2 Å². The Hall–Kier alpha value is -2.11. The minimum Gasteiger partial charge on any atom is -0.484 e. The van der Waals surface area contributed by atoms with Crippen molar-refractivity contribution in [3.8, 4) is 17.1 Å². The minimum atomic E-state index is 0.216. The molecule has 0 atom stereocenters. The number of rotatable bonds is 4. The van der Waals surface area contributed by atoms with Gasteiger partial charge >= 0.3 is 0 Å². The molecule has 21 heavy (non-hydrogen) atoms. The highest BCUT2D eigenvalue weighted by Gasteiger charge is 2.09. The Labute approximate surface area is 130 Å². The number of halogens is 2. The van der Waals surface area contributed by atoms with Gasteiger partial charge in [-0.2, -0.15) is 5.10 Å². The lowest BCUT2D eigenvalue weighted by atomic mass is 10.3. The van der Waals surface area contributed by atoms with Crippen LogP contribution in [-0.4, -0.2) is 20.2 Å². The van der Waals surface area contributed by atoms with E-state index in [2.05, 4.69) is 20.2 Å². The molecule has 0 amide bonds. The van der Waals surface area contributed by atoms with E-state index in [-0.39, 0.29) is 6.61 Å². The van der Waals surface area contributed by atoms with Gasteiger partial charge < -0.3 is 4.74 Å². The van der Waals surface area contributed by atoms with Crippen LogP contribution in [0.3, 0.4) is 0 Å². The van der Waals surface area contributed by atoms with Crippen molar-refractivity contribution in [2.45, 2.75) is 6.61 Å². The smallest absolute Gasteiger partial charge is 0.182 e. The number of nitrogens with zero attached hydrogens (tertiary/aromatic N) is 3. The van der Waals surface area contributed by atoms with E-state index in [0.29, 0.717) is 27.4 Å². The number of pyridine rings is 1. The summed E-state index contributed by atoms with van der Waals surface area (Å²) < 4.78 is 5.59. The molecule has 0 radical (unpaired) electrons. The molecular weight excluding hydrogens is 311 g/mol. The lowest BCUT2D eigenvalue weighted by Gasteiger charge is -2.06. The van der Waals surface area contributed by atoms with E-state index in [0.717, 1.165) is 5.56 Å². The lowest BCUT2D eigenvalue weighted by molar-refractivity contribution is 0.296. The van der Waals surface area contributed by atoms with E-state index in [1.165, 1.54) is 0 Å². The Morgan fingerprint density at radius 3 is 2.86 bits per heavy atom. The number of hydrogen-bond donors (Lipinski definition) is 1. The fraction of sp³-hybridized carbons (Fsp3) is 0.0714. The zero-order valence-electron chi connectivity index (χ0n) is 10.8. The van der Waals surface area contributed by atoms with Crippen LogP contribution in [0.2, 0.25) is 10.0 Å². The van der Waals surface area contributed by atoms with Gasteiger partial charge in [-0.1, -0.05) is 29.3 Å². The molecule has 2 aromatic heterocycles. The molecule has 1 aromatic carbocycles.